The maximum atomic E-state index is 13.1. The quantitative estimate of drug-likeness (QED) is 0.781. The van der Waals surface area contributed by atoms with E-state index in [-0.39, 0.29) is 19.0 Å². The van der Waals surface area contributed by atoms with Crippen LogP contribution in [0.15, 0.2) is 16.6 Å². The van der Waals surface area contributed by atoms with Gasteiger partial charge in [-0.2, -0.15) is 0 Å². The van der Waals surface area contributed by atoms with Crippen molar-refractivity contribution in [3.63, 3.8) is 0 Å². The number of methoxy groups -OCH3 is 1. The van der Waals surface area contributed by atoms with Gasteiger partial charge < -0.3 is 9.47 Å². The molecule has 0 aromatic heterocycles. The van der Waals surface area contributed by atoms with Crippen molar-refractivity contribution in [2.45, 2.75) is 0 Å². The number of benzene rings is 1. The van der Waals surface area contributed by atoms with Gasteiger partial charge in [0, 0.05) is 11.6 Å². The van der Waals surface area contributed by atoms with Crippen LogP contribution >= 0.6 is 15.9 Å². The standard InChI is InChI=1S/C9H9BrF2O2/c1-13-2-3-14-9-7(11)4-6(10)5-8(9)12/h4-5H,2-3H2,1H3. The Morgan fingerprint density at radius 1 is 1.21 bits per heavy atom. The molecular formula is C9H9BrF2O2. The minimum absolute atomic E-state index is 0.117. The van der Waals surface area contributed by atoms with Gasteiger partial charge in [-0.05, 0) is 12.1 Å². The molecule has 0 aliphatic carbocycles. The Morgan fingerprint density at radius 2 is 1.79 bits per heavy atom. The van der Waals surface area contributed by atoms with E-state index in [0.717, 1.165) is 12.1 Å². The molecule has 1 aromatic rings. The summed E-state index contributed by atoms with van der Waals surface area (Å²) in [5.74, 6) is -1.83. The molecule has 0 saturated carbocycles. The van der Waals surface area contributed by atoms with Gasteiger partial charge in [0.2, 0.25) is 0 Å². The molecule has 0 amide bonds. The molecule has 0 heterocycles. The Balaban J connectivity index is 2.75. The summed E-state index contributed by atoms with van der Waals surface area (Å²) in [6.45, 7) is 0.404. The van der Waals surface area contributed by atoms with Crippen LogP contribution in [0.4, 0.5) is 8.78 Å². The molecule has 2 nitrogen and oxygen atoms in total. The van der Waals surface area contributed by atoms with Crippen molar-refractivity contribution >= 4 is 15.9 Å². The number of halogens is 3. The van der Waals surface area contributed by atoms with E-state index in [1.807, 2.05) is 0 Å². The molecule has 0 fully saturated rings. The highest BCUT2D eigenvalue weighted by molar-refractivity contribution is 9.10. The van der Waals surface area contributed by atoms with Crippen molar-refractivity contribution in [1.82, 2.24) is 0 Å². The summed E-state index contributed by atoms with van der Waals surface area (Å²) in [6.07, 6.45) is 0. The van der Waals surface area contributed by atoms with E-state index in [0.29, 0.717) is 4.47 Å². The van der Waals surface area contributed by atoms with Crippen molar-refractivity contribution < 1.29 is 18.3 Å². The topological polar surface area (TPSA) is 18.5 Å². The molecule has 78 valence electrons. The van der Waals surface area contributed by atoms with E-state index < -0.39 is 11.6 Å². The third kappa shape index (κ3) is 2.92. The zero-order valence-corrected chi connectivity index (χ0v) is 9.11. The highest BCUT2D eigenvalue weighted by Crippen LogP contribution is 2.25. The normalized spacial score (nSPS) is 10.3. The van der Waals surface area contributed by atoms with E-state index in [4.69, 9.17) is 4.74 Å². The van der Waals surface area contributed by atoms with Gasteiger partial charge in [0.25, 0.3) is 0 Å². The molecule has 0 bridgehead atoms. The highest BCUT2D eigenvalue weighted by atomic mass is 79.9. The monoisotopic (exact) mass is 266 g/mol. The summed E-state index contributed by atoms with van der Waals surface area (Å²) >= 11 is 2.97. The maximum absolute atomic E-state index is 13.1. The lowest BCUT2D eigenvalue weighted by molar-refractivity contribution is 0.141. The number of rotatable bonds is 4. The molecule has 0 spiro atoms. The average Bonchev–Trinajstić information content (AvgIpc) is 2.09. The molecule has 1 aromatic carbocycles. The molecule has 0 saturated heterocycles. The van der Waals surface area contributed by atoms with Gasteiger partial charge in [-0.1, -0.05) is 15.9 Å². The van der Waals surface area contributed by atoms with Crippen molar-refractivity contribution in [3.8, 4) is 5.75 Å². The lowest BCUT2D eigenvalue weighted by Gasteiger charge is -2.07. The van der Waals surface area contributed by atoms with Gasteiger partial charge in [0.15, 0.2) is 17.4 Å². The Labute approximate surface area is 89.0 Å². The lowest BCUT2D eigenvalue weighted by Crippen LogP contribution is -2.06. The fourth-order valence-electron chi connectivity index (χ4n) is 0.894. The van der Waals surface area contributed by atoms with Gasteiger partial charge in [-0.3, -0.25) is 0 Å². The summed E-state index contributed by atoms with van der Waals surface area (Å²) in [4.78, 5) is 0. The zero-order valence-electron chi connectivity index (χ0n) is 7.52. The van der Waals surface area contributed by atoms with Crippen LogP contribution in [0.2, 0.25) is 0 Å². The molecule has 0 N–H and O–H groups in total. The highest BCUT2D eigenvalue weighted by Gasteiger charge is 2.11. The van der Waals surface area contributed by atoms with Gasteiger partial charge in [0.1, 0.15) is 6.61 Å². The second-order valence-corrected chi connectivity index (χ2v) is 3.46. The van der Waals surface area contributed by atoms with E-state index in [1.54, 1.807) is 0 Å². The van der Waals surface area contributed by atoms with Crippen LogP contribution < -0.4 is 4.74 Å². The van der Waals surface area contributed by atoms with E-state index in [2.05, 4.69) is 20.7 Å². The predicted molar refractivity (Wildman–Crippen MR) is 51.4 cm³/mol. The van der Waals surface area contributed by atoms with Gasteiger partial charge in [-0.15, -0.1) is 0 Å². The fraction of sp³-hybridized carbons (Fsp3) is 0.333. The molecule has 0 unspecified atom stereocenters. The third-order valence-electron chi connectivity index (χ3n) is 1.50. The summed E-state index contributed by atoms with van der Waals surface area (Å²) in [5.41, 5.74) is 0. The molecule has 0 radical (unpaired) electrons. The Morgan fingerprint density at radius 3 is 2.29 bits per heavy atom. The SMILES string of the molecule is COCCOc1c(F)cc(Br)cc1F. The third-order valence-corrected chi connectivity index (χ3v) is 1.95. The molecule has 0 aliphatic heterocycles. The number of hydrogen-bond acceptors (Lipinski definition) is 2. The maximum Gasteiger partial charge on any atom is 0.190 e. The Hall–Kier alpha value is -0.680. The summed E-state index contributed by atoms with van der Waals surface area (Å²) in [7, 11) is 1.48. The minimum Gasteiger partial charge on any atom is -0.485 e. The molecule has 5 heteroatoms. The summed E-state index contributed by atoms with van der Waals surface area (Å²) in [6, 6.07) is 2.29. The smallest absolute Gasteiger partial charge is 0.190 e. The summed E-state index contributed by atoms with van der Waals surface area (Å²) in [5, 5.41) is 0. The second kappa shape index (κ2) is 5.26. The first-order valence-corrected chi connectivity index (χ1v) is 4.70. The van der Waals surface area contributed by atoms with Crippen molar-refractivity contribution in [2.24, 2.45) is 0 Å². The zero-order chi connectivity index (χ0) is 10.6. The molecule has 1 rings (SSSR count). The Bertz CT molecular complexity index is 295. The molecular weight excluding hydrogens is 258 g/mol. The molecule has 0 aliphatic rings. The van der Waals surface area contributed by atoms with Crippen molar-refractivity contribution in [1.29, 1.82) is 0 Å². The van der Waals surface area contributed by atoms with Crippen LogP contribution in [-0.2, 0) is 4.74 Å². The predicted octanol–water partition coefficient (Wildman–Crippen LogP) is 2.75. The van der Waals surface area contributed by atoms with Gasteiger partial charge >= 0.3 is 0 Å². The fourth-order valence-corrected chi connectivity index (χ4v) is 1.30. The van der Waals surface area contributed by atoms with Gasteiger partial charge in [0.05, 0.1) is 6.61 Å². The van der Waals surface area contributed by atoms with E-state index >= 15 is 0 Å². The minimum atomic E-state index is -0.729. The first kappa shape index (κ1) is 11.4. The average molecular weight is 267 g/mol. The van der Waals surface area contributed by atoms with Crippen LogP contribution in [0.3, 0.4) is 0 Å². The first-order chi connectivity index (χ1) is 6.65. The number of ether oxygens (including phenoxy) is 2. The van der Waals surface area contributed by atoms with Crippen LogP contribution in [0, 0.1) is 11.6 Å². The largest absolute Gasteiger partial charge is 0.485 e. The van der Waals surface area contributed by atoms with Crippen LogP contribution in [0.1, 0.15) is 0 Å². The van der Waals surface area contributed by atoms with E-state index in [9.17, 15) is 8.78 Å². The molecule has 14 heavy (non-hydrogen) atoms. The molecule has 0 atom stereocenters. The van der Waals surface area contributed by atoms with Crippen LogP contribution in [-0.4, -0.2) is 20.3 Å². The second-order valence-electron chi connectivity index (χ2n) is 2.54. The Kier molecular flexibility index (Phi) is 4.28. The van der Waals surface area contributed by atoms with Gasteiger partial charge in [-0.25, -0.2) is 8.78 Å². The first-order valence-electron chi connectivity index (χ1n) is 3.91. The van der Waals surface area contributed by atoms with E-state index in [1.165, 1.54) is 7.11 Å². The van der Waals surface area contributed by atoms with Crippen LogP contribution in [0.25, 0.3) is 0 Å². The number of hydrogen-bond donors (Lipinski definition) is 0. The lowest BCUT2D eigenvalue weighted by atomic mass is 10.3. The summed E-state index contributed by atoms with van der Waals surface area (Å²) < 4.78 is 36.1. The van der Waals surface area contributed by atoms with Crippen molar-refractivity contribution in [2.75, 3.05) is 20.3 Å². The van der Waals surface area contributed by atoms with Crippen molar-refractivity contribution in [3.05, 3.63) is 28.2 Å². The van der Waals surface area contributed by atoms with Crippen LogP contribution in [0.5, 0.6) is 5.75 Å².